The zero-order chi connectivity index (χ0) is 12.7. The highest BCUT2D eigenvalue weighted by atomic mass is 32.2. The second-order valence-corrected chi connectivity index (χ2v) is 5.33. The number of nitrogens with zero attached hydrogens (tertiary/aromatic N) is 2. The average molecular weight is 256 g/mol. The van der Waals surface area contributed by atoms with E-state index in [9.17, 15) is 4.21 Å². The Kier molecular flexibility index (Phi) is 5.90. The first-order chi connectivity index (χ1) is 8.11. The number of hydrogen-bond donors (Lipinski definition) is 2. The van der Waals surface area contributed by atoms with E-state index < -0.39 is 10.8 Å². The molecule has 0 bridgehead atoms. The van der Waals surface area contributed by atoms with Gasteiger partial charge < -0.3 is 10.6 Å². The highest BCUT2D eigenvalue weighted by Crippen LogP contribution is 2.10. The quantitative estimate of drug-likeness (QED) is 0.722. The van der Waals surface area contributed by atoms with E-state index in [2.05, 4.69) is 20.6 Å². The summed E-state index contributed by atoms with van der Waals surface area (Å²) in [4.78, 5) is 8.56. The third kappa shape index (κ3) is 5.63. The molecule has 1 aromatic rings. The summed E-state index contributed by atoms with van der Waals surface area (Å²) in [5.41, 5.74) is 0. The van der Waals surface area contributed by atoms with Gasteiger partial charge in [0, 0.05) is 42.0 Å². The van der Waals surface area contributed by atoms with Crippen molar-refractivity contribution in [1.82, 2.24) is 9.97 Å². The zero-order valence-electron chi connectivity index (χ0n) is 10.6. The van der Waals surface area contributed by atoms with Crippen molar-refractivity contribution in [2.45, 2.75) is 20.3 Å². The first kappa shape index (κ1) is 13.9. The number of aromatic nitrogens is 2. The molecule has 0 aliphatic rings. The van der Waals surface area contributed by atoms with Crippen molar-refractivity contribution in [3.8, 4) is 0 Å². The van der Waals surface area contributed by atoms with E-state index in [1.165, 1.54) is 0 Å². The second kappa shape index (κ2) is 7.21. The van der Waals surface area contributed by atoms with Crippen molar-refractivity contribution in [3.63, 3.8) is 0 Å². The standard InChI is InChI=1S/C11H20N4OS/c1-4-12-10-8-11(15-9(2)14-10)13-6-5-7-17(3)16/h8H,4-7H2,1-3H3,(H2,12,13,14,15). The van der Waals surface area contributed by atoms with Crippen molar-refractivity contribution in [1.29, 1.82) is 0 Å². The lowest BCUT2D eigenvalue weighted by molar-refractivity contribution is 0.685. The SMILES string of the molecule is CCNc1cc(NCCCS(C)=O)nc(C)n1. The Labute approximate surface area is 105 Å². The predicted molar refractivity (Wildman–Crippen MR) is 73.0 cm³/mol. The summed E-state index contributed by atoms with van der Waals surface area (Å²) < 4.78 is 10.9. The van der Waals surface area contributed by atoms with Gasteiger partial charge in [-0.25, -0.2) is 9.97 Å². The van der Waals surface area contributed by atoms with Crippen molar-refractivity contribution >= 4 is 22.4 Å². The van der Waals surface area contributed by atoms with Gasteiger partial charge in [0.2, 0.25) is 0 Å². The van der Waals surface area contributed by atoms with Crippen LogP contribution in [0.4, 0.5) is 11.6 Å². The molecule has 1 atom stereocenters. The van der Waals surface area contributed by atoms with Gasteiger partial charge in [0.05, 0.1) is 0 Å². The summed E-state index contributed by atoms with van der Waals surface area (Å²) in [7, 11) is -0.720. The number of hydrogen-bond acceptors (Lipinski definition) is 5. The monoisotopic (exact) mass is 256 g/mol. The minimum atomic E-state index is -0.720. The van der Waals surface area contributed by atoms with Crippen LogP contribution in [0.25, 0.3) is 0 Å². The Balaban J connectivity index is 2.49. The van der Waals surface area contributed by atoms with Crippen LogP contribution in [0.3, 0.4) is 0 Å². The molecule has 0 aliphatic heterocycles. The maximum Gasteiger partial charge on any atom is 0.131 e. The van der Waals surface area contributed by atoms with Gasteiger partial charge in [-0.1, -0.05) is 0 Å². The van der Waals surface area contributed by atoms with Crippen LogP contribution >= 0.6 is 0 Å². The lowest BCUT2D eigenvalue weighted by Crippen LogP contribution is -2.09. The second-order valence-electron chi connectivity index (χ2n) is 3.77. The van der Waals surface area contributed by atoms with E-state index in [-0.39, 0.29) is 0 Å². The average Bonchev–Trinajstić information content (AvgIpc) is 2.24. The molecule has 1 aromatic heterocycles. The van der Waals surface area contributed by atoms with E-state index in [1.54, 1.807) is 6.26 Å². The third-order valence-electron chi connectivity index (χ3n) is 2.11. The van der Waals surface area contributed by atoms with Gasteiger partial charge in [0.1, 0.15) is 17.5 Å². The Hall–Kier alpha value is -1.17. The van der Waals surface area contributed by atoms with Gasteiger partial charge >= 0.3 is 0 Å². The molecule has 1 rings (SSSR count). The van der Waals surface area contributed by atoms with Gasteiger partial charge in [0.25, 0.3) is 0 Å². The number of rotatable bonds is 7. The maximum absolute atomic E-state index is 10.9. The van der Waals surface area contributed by atoms with Crippen molar-refractivity contribution in [2.24, 2.45) is 0 Å². The van der Waals surface area contributed by atoms with Gasteiger partial charge in [0.15, 0.2) is 0 Å². The van der Waals surface area contributed by atoms with Gasteiger partial charge in [-0.3, -0.25) is 4.21 Å². The Morgan fingerprint density at radius 2 is 1.94 bits per heavy atom. The summed E-state index contributed by atoms with van der Waals surface area (Å²) in [6, 6.07) is 1.89. The molecule has 1 unspecified atom stereocenters. The Morgan fingerprint density at radius 1 is 1.29 bits per heavy atom. The van der Waals surface area contributed by atoms with Gasteiger partial charge in [-0.05, 0) is 20.3 Å². The first-order valence-electron chi connectivity index (χ1n) is 5.75. The smallest absolute Gasteiger partial charge is 0.131 e. The molecule has 5 nitrogen and oxygen atoms in total. The van der Waals surface area contributed by atoms with Crippen LogP contribution in [0.5, 0.6) is 0 Å². The maximum atomic E-state index is 10.9. The molecule has 1 heterocycles. The molecule has 0 radical (unpaired) electrons. The normalized spacial score (nSPS) is 12.2. The minimum absolute atomic E-state index is 0.719. The summed E-state index contributed by atoms with van der Waals surface area (Å²) in [6.45, 7) is 5.51. The van der Waals surface area contributed by atoms with Crippen LogP contribution < -0.4 is 10.6 Å². The molecule has 0 saturated heterocycles. The van der Waals surface area contributed by atoms with E-state index in [0.717, 1.165) is 42.7 Å². The van der Waals surface area contributed by atoms with Crippen molar-refractivity contribution in [2.75, 3.05) is 35.7 Å². The van der Waals surface area contributed by atoms with Crippen LogP contribution in [-0.4, -0.2) is 39.3 Å². The topological polar surface area (TPSA) is 66.9 Å². The molecule has 6 heteroatoms. The summed E-state index contributed by atoms with van der Waals surface area (Å²) >= 11 is 0. The van der Waals surface area contributed by atoms with Crippen molar-refractivity contribution < 1.29 is 4.21 Å². The van der Waals surface area contributed by atoms with E-state index >= 15 is 0 Å². The fraction of sp³-hybridized carbons (Fsp3) is 0.636. The number of aryl methyl sites for hydroxylation is 1. The molecular formula is C11H20N4OS. The summed E-state index contributed by atoms with van der Waals surface area (Å²) in [5.74, 6) is 3.11. The molecule has 96 valence electrons. The molecular weight excluding hydrogens is 236 g/mol. The molecule has 0 amide bonds. The fourth-order valence-electron chi connectivity index (χ4n) is 1.42. The van der Waals surface area contributed by atoms with E-state index in [4.69, 9.17) is 0 Å². The predicted octanol–water partition coefficient (Wildman–Crippen LogP) is 1.40. The first-order valence-corrected chi connectivity index (χ1v) is 7.48. The van der Waals surface area contributed by atoms with Crippen LogP contribution in [0.2, 0.25) is 0 Å². The molecule has 17 heavy (non-hydrogen) atoms. The number of anilines is 2. The van der Waals surface area contributed by atoms with Crippen LogP contribution in [-0.2, 0) is 10.8 Å². The van der Waals surface area contributed by atoms with Gasteiger partial charge in [-0.2, -0.15) is 0 Å². The van der Waals surface area contributed by atoms with Gasteiger partial charge in [-0.15, -0.1) is 0 Å². The molecule has 0 saturated carbocycles. The largest absolute Gasteiger partial charge is 0.370 e. The van der Waals surface area contributed by atoms with Crippen molar-refractivity contribution in [3.05, 3.63) is 11.9 Å². The minimum Gasteiger partial charge on any atom is -0.370 e. The lowest BCUT2D eigenvalue weighted by Gasteiger charge is -2.08. The zero-order valence-corrected chi connectivity index (χ0v) is 11.4. The molecule has 0 fully saturated rings. The highest BCUT2D eigenvalue weighted by Gasteiger charge is 2.00. The summed E-state index contributed by atoms with van der Waals surface area (Å²) in [5, 5.41) is 6.37. The van der Waals surface area contributed by atoms with Crippen LogP contribution in [0, 0.1) is 6.92 Å². The van der Waals surface area contributed by atoms with Crippen LogP contribution in [0.15, 0.2) is 6.07 Å². The highest BCUT2D eigenvalue weighted by molar-refractivity contribution is 7.84. The molecule has 0 aliphatic carbocycles. The van der Waals surface area contributed by atoms with E-state index in [0.29, 0.717) is 0 Å². The number of nitrogens with one attached hydrogen (secondary N) is 2. The molecule has 0 spiro atoms. The third-order valence-corrected chi connectivity index (χ3v) is 2.97. The Morgan fingerprint density at radius 3 is 2.53 bits per heavy atom. The summed E-state index contributed by atoms with van der Waals surface area (Å²) in [6.07, 6.45) is 2.60. The molecule has 2 N–H and O–H groups in total. The lowest BCUT2D eigenvalue weighted by atomic mass is 10.4. The fourth-order valence-corrected chi connectivity index (χ4v) is 1.97. The van der Waals surface area contributed by atoms with Crippen LogP contribution in [0.1, 0.15) is 19.2 Å². The Bertz CT molecular complexity index is 384. The van der Waals surface area contributed by atoms with E-state index in [1.807, 2.05) is 19.9 Å². The molecule has 0 aromatic carbocycles.